The number of alkyl halides is 3. The van der Waals surface area contributed by atoms with E-state index in [9.17, 15) is 9.90 Å². The van der Waals surface area contributed by atoms with Crippen LogP contribution in [0.1, 0.15) is 66.8 Å². The minimum Gasteiger partial charge on any atom is -0.392 e. The van der Waals surface area contributed by atoms with Crippen molar-refractivity contribution < 1.29 is 19.4 Å². The van der Waals surface area contributed by atoms with Crippen LogP contribution in [0, 0.1) is 0 Å². The van der Waals surface area contributed by atoms with Gasteiger partial charge >= 0.3 is 0 Å². The first-order chi connectivity index (χ1) is 22.3. The standard InChI is InChI=1S/C36H42Cl3N3O4/c37-36(38,39)35(44)40-21-29-6-1-2-8-32(29)26-13-15-28(16-14-26)34-45-31(20-33(46-34)27-11-9-25(24-43)10-12-27)23-42-19-5-7-30(42)22-41-17-3-4-18-41/h1-2,6,8-16,30-31,33-34,43H,3-5,7,17-24H2,(H,40,44)/t30-,31+,33-,34-/m0/s1. The number of hydrogen-bond acceptors (Lipinski definition) is 6. The number of aliphatic hydroxyl groups excluding tert-OH is 1. The lowest BCUT2D eigenvalue weighted by Gasteiger charge is -2.39. The Hall–Kier alpha value is -2.20. The van der Waals surface area contributed by atoms with E-state index in [1.54, 1.807) is 0 Å². The van der Waals surface area contributed by atoms with Gasteiger partial charge in [0.15, 0.2) is 6.29 Å². The lowest BCUT2D eigenvalue weighted by Crippen LogP contribution is -2.45. The second-order valence-corrected chi connectivity index (χ2v) is 14.9. The fourth-order valence-electron chi connectivity index (χ4n) is 6.95. The van der Waals surface area contributed by atoms with Gasteiger partial charge in [0, 0.05) is 37.7 Å². The molecule has 3 aromatic rings. The van der Waals surface area contributed by atoms with Crippen molar-refractivity contribution in [3.8, 4) is 11.1 Å². The molecule has 1 amide bonds. The second-order valence-electron chi connectivity index (χ2n) is 12.6. The molecule has 0 aliphatic carbocycles. The van der Waals surface area contributed by atoms with Gasteiger partial charge in [-0.2, -0.15) is 0 Å². The van der Waals surface area contributed by atoms with Crippen LogP contribution < -0.4 is 5.32 Å². The Bertz CT molecular complexity index is 1440. The van der Waals surface area contributed by atoms with Crippen molar-refractivity contribution >= 4 is 40.7 Å². The van der Waals surface area contributed by atoms with E-state index in [4.69, 9.17) is 44.3 Å². The van der Waals surface area contributed by atoms with E-state index in [1.807, 2.05) is 36.4 Å². The second kappa shape index (κ2) is 15.3. The molecule has 3 fully saturated rings. The molecule has 0 saturated carbocycles. The summed E-state index contributed by atoms with van der Waals surface area (Å²) in [6.45, 7) is 5.82. The zero-order valence-electron chi connectivity index (χ0n) is 25.9. The third kappa shape index (κ3) is 8.44. The molecule has 0 radical (unpaired) electrons. The van der Waals surface area contributed by atoms with Gasteiger partial charge < -0.3 is 24.8 Å². The summed E-state index contributed by atoms with van der Waals surface area (Å²) < 4.78 is 11.3. The number of nitrogens with one attached hydrogen (secondary N) is 1. The van der Waals surface area contributed by atoms with Crippen molar-refractivity contribution in [2.24, 2.45) is 0 Å². The predicted molar refractivity (Wildman–Crippen MR) is 183 cm³/mol. The van der Waals surface area contributed by atoms with Crippen molar-refractivity contribution in [1.29, 1.82) is 0 Å². The Morgan fingerprint density at radius 2 is 1.59 bits per heavy atom. The first kappa shape index (κ1) is 33.7. The van der Waals surface area contributed by atoms with Crippen LogP contribution in [0.25, 0.3) is 11.1 Å². The molecule has 6 rings (SSSR count). The van der Waals surface area contributed by atoms with E-state index in [0.29, 0.717) is 6.04 Å². The van der Waals surface area contributed by atoms with Gasteiger partial charge in [-0.15, -0.1) is 0 Å². The number of amides is 1. The van der Waals surface area contributed by atoms with Gasteiger partial charge in [0.05, 0.1) is 18.8 Å². The van der Waals surface area contributed by atoms with E-state index in [0.717, 1.165) is 59.4 Å². The average Bonchev–Trinajstić information content (AvgIpc) is 3.75. The van der Waals surface area contributed by atoms with Gasteiger partial charge in [0.2, 0.25) is 0 Å². The van der Waals surface area contributed by atoms with E-state index < -0.39 is 16.0 Å². The minimum absolute atomic E-state index is 0.0161. The van der Waals surface area contributed by atoms with Crippen LogP contribution >= 0.6 is 34.8 Å². The van der Waals surface area contributed by atoms with Gasteiger partial charge in [0.1, 0.15) is 0 Å². The molecule has 4 atom stereocenters. The van der Waals surface area contributed by atoms with Gasteiger partial charge in [-0.1, -0.05) is 108 Å². The molecule has 3 aromatic carbocycles. The monoisotopic (exact) mass is 685 g/mol. The molecule has 3 saturated heterocycles. The number of halogens is 3. The van der Waals surface area contributed by atoms with Gasteiger partial charge in [-0.3, -0.25) is 9.69 Å². The fourth-order valence-corrected chi connectivity index (χ4v) is 7.15. The number of benzene rings is 3. The highest BCUT2D eigenvalue weighted by molar-refractivity contribution is 6.76. The number of carbonyl (C=O) groups is 1. The number of hydrogen-bond donors (Lipinski definition) is 2. The van der Waals surface area contributed by atoms with Crippen molar-refractivity contribution in [2.75, 3.05) is 32.7 Å². The predicted octanol–water partition coefficient (Wildman–Crippen LogP) is 6.94. The molecule has 46 heavy (non-hydrogen) atoms. The maximum absolute atomic E-state index is 12.1. The van der Waals surface area contributed by atoms with Crippen LogP contribution in [0.15, 0.2) is 72.8 Å². The van der Waals surface area contributed by atoms with Gasteiger partial charge in [-0.05, 0) is 73.1 Å². The van der Waals surface area contributed by atoms with Crippen LogP contribution in [0.2, 0.25) is 0 Å². The molecule has 0 spiro atoms. The van der Waals surface area contributed by atoms with Crippen LogP contribution in [0.3, 0.4) is 0 Å². The summed E-state index contributed by atoms with van der Waals surface area (Å²) in [5.74, 6) is -0.666. The Morgan fingerprint density at radius 1 is 0.870 bits per heavy atom. The fraction of sp³-hybridized carbons (Fsp3) is 0.472. The lowest BCUT2D eigenvalue weighted by molar-refractivity contribution is -0.253. The quantitative estimate of drug-likeness (QED) is 0.225. The third-order valence-electron chi connectivity index (χ3n) is 9.43. The maximum atomic E-state index is 12.1. The number of nitrogens with zero attached hydrogens (tertiary/aromatic N) is 2. The molecule has 0 aromatic heterocycles. The van der Waals surface area contributed by atoms with Gasteiger partial charge in [0.25, 0.3) is 9.70 Å². The van der Waals surface area contributed by atoms with Gasteiger partial charge in [-0.25, -0.2) is 0 Å². The van der Waals surface area contributed by atoms with E-state index in [-0.39, 0.29) is 25.4 Å². The highest BCUT2D eigenvalue weighted by Crippen LogP contribution is 2.39. The molecule has 3 aliphatic heterocycles. The summed E-state index contributed by atoms with van der Waals surface area (Å²) in [5.41, 5.74) is 5.79. The van der Waals surface area contributed by atoms with E-state index in [1.165, 1.54) is 38.8 Å². The normalized spacial score (nSPS) is 24.3. The lowest BCUT2D eigenvalue weighted by atomic mass is 9.97. The van der Waals surface area contributed by atoms with Crippen LogP contribution in [-0.4, -0.2) is 69.5 Å². The molecule has 0 bridgehead atoms. The number of aliphatic hydroxyl groups is 1. The maximum Gasteiger partial charge on any atom is 0.272 e. The third-order valence-corrected chi connectivity index (χ3v) is 9.94. The largest absolute Gasteiger partial charge is 0.392 e. The smallest absolute Gasteiger partial charge is 0.272 e. The number of carbonyl (C=O) groups excluding carboxylic acids is 1. The summed E-state index contributed by atoms with van der Waals surface area (Å²) >= 11 is 17.2. The first-order valence-corrected chi connectivity index (χ1v) is 17.4. The molecule has 0 unspecified atom stereocenters. The summed E-state index contributed by atoms with van der Waals surface area (Å²) in [4.78, 5) is 17.4. The van der Waals surface area contributed by atoms with Crippen LogP contribution in [0.5, 0.6) is 0 Å². The van der Waals surface area contributed by atoms with Crippen molar-refractivity contribution in [1.82, 2.24) is 15.1 Å². The summed E-state index contributed by atoms with van der Waals surface area (Å²) in [7, 11) is 0. The molecule has 10 heteroatoms. The molecule has 2 N–H and O–H groups in total. The molecular formula is C36H42Cl3N3O4. The molecule has 3 heterocycles. The molecular weight excluding hydrogens is 645 g/mol. The van der Waals surface area contributed by atoms with E-state index >= 15 is 0 Å². The topological polar surface area (TPSA) is 74.3 Å². The SMILES string of the molecule is O=C(NCc1ccccc1-c1ccc([C@H]2O[C@@H](CN3CCC[C@H]3CN3CCCC3)C[C@@H](c3ccc(CO)cc3)O2)cc1)C(Cl)(Cl)Cl. The summed E-state index contributed by atoms with van der Waals surface area (Å²) in [6, 6.07) is 24.7. The first-order valence-electron chi connectivity index (χ1n) is 16.3. The van der Waals surface area contributed by atoms with Crippen LogP contribution in [-0.2, 0) is 27.4 Å². The highest BCUT2D eigenvalue weighted by Gasteiger charge is 2.36. The Kier molecular flexibility index (Phi) is 11.2. The summed E-state index contributed by atoms with van der Waals surface area (Å²) in [5, 5.41) is 12.3. The number of ether oxygens (including phenoxy) is 2. The van der Waals surface area contributed by atoms with Crippen LogP contribution in [0.4, 0.5) is 0 Å². The zero-order chi connectivity index (χ0) is 32.1. The number of rotatable bonds is 10. The molecule has 3 aliphatic rings. The van der Waals surface area contributed by atoms with Crippen molar-refractivity contribution in [2.45, 2.75) is 73.6 Å². The molecule has 7 nitrogen and oxygen atoms in total. The van der Waals surface area contributed by atoms with Crippen molar-refractivity contribution in [3.63, 3.8) is 0 Å². The molecule has 246 valence electrons. The highest BCUT2D eigenvalue weighted by atomic mass is 35.6. The average molecular weight is 687 g/mol. The Balaban J connectivity index is 1.19. The Morgan fingerprint density at radius 3 is 2.30 bits per heavy atom. The minimum atomic E-state index is -2.02. The Labute approximate surface area is 286 Å². The summed E-state index contributed by atoms with van der Waals surface area (Å²) in [6.07, 6.45) is 5.24. The van der Waals surface area contributed by atoms with E-state index in [2.05, 4.69) is 51.5 Å². The number of likely N-dealkylation sites (tertiary alicyclic amines) is 2. The zero-order valence-corrected chi connectivity index (χ0v) is 28.2. The van der Waals surface area contributed by atoms with Crippen molar-refractivity contribution in [3.05, 3.63) is 95.1 Å².